The number of rotatable bonds is 3. The topological polar surface area (TPSA) is 71.8 Å². The summed E-state index contributed by atoms with van der Waals surface area (Å²) in [6.07, 6.45) is 0. The van der Waals surface area contributed by atoms with Crippen LogP contribution in [0, 0.1) is 10.1 Å². The van der Waals surface area contributed by atoms with Gasteiger partial charge in [0.05, 0.1) is 4.92 Å². The molecule has 0 amide bonds. The Balaban J connectivity index is 1.84. The second-order valence-electron chi connectivity index (χ2n) is 5.06. The van der Waals surface area contributed by atoms with Crippen molar-refractivity contribution in [1.29, 1.82) is 0 Å². The van der Waals surface area contributed by atoms with Crippen molar-refractivity contribution in [3.05, 3.63) is 70.8 Å². The highest BCUT2D eigenvalue weighted by Crippen LogP contribution is 2.37. The molecule has 3 aromatic carbocycles. The van der Waals surface area contributed by atoms with Crippen LogP contribution in [0.5, 0.6) is 0 Å². The van der Waals surface area contributed by atoms with Crippen molar-refractivity contribution in [2.45, 2.75) is 9.92 Å². The van der Waals surface area contributed by atoms with Crippen molar-refractivity contribution in [2.24, 2.45) is 0 Å². The van der Waals surface area contributed by atoms with Gasteiger partial charge in [0, 0.05) is 16.3 Å². The average Bonchev–Trinajstić information content (AvgIpc) is 2.98. The monoisotopic (exact) mass is 321 g/mol. The second kappa shape index (κ2) is 5.40. The molecule has 4 rings (SSSR count). The Morgan fingerprint density at radius 1 is 0.957 bits per heavy atom. The van der Waals surface area contributed by atoms with E-state index in [4.69, 9.17) is 0 Å². The molecule has 0 radical (unpaired) electrons. The maximum atomic E-state index is 11.1. The summed E-state index contributed by atoms with van der Waals surface area (Å²) in [6, 6.07) is 19.2. The van der Waals surface area contributed by atoms with Gasteiger partial charge in [-0.2, -0.15) is 5.10 Å². The molecule has 0 atom stereocenters. The summed E-state index contributed by atoms with van der Waals surface area (Å²) in [5, 5.41) is 22.0. The minimum atomic E-state index is -0.396. The molecule has 1 heterocycles. The Labute approximate surface area is 135 Å². The summed E-state index contributed by atoms with van der Waals surface area (Å²) in [5.74, 6) is 0. The predicted octanol–water partition coefficient (Wildman–Crippen LogP) is 4.78. The molecule has 0 aliphatic rings. The van der Waals surface area contributed by atoms with Crippen LogP contribution < -0.4 is 0 Å². The normalized spacial score (nSPS) is 11.1. The summed E-state index contributed by atoms with van der Waals surface area (Å²) in [5.41, 5.74) is 0.500. The highest BCUT2D eigenvalue weighted by molar-refractivity contribution is 7.99. The van der Waals surface area contributed by atoms with Gasteiger partial charge in [0.1, 0.15) is 10.5 Å². The van der Waals surface area contributed by atoms with Crippen LogP contribution in [0.4, 0.5) is 5.69 Å². The number of fused-ring (bicyclic) bond motifs is 2. The smallest absolute Gasteiger partial charge is 0.270 e. The van der Waals surface area contributed by atoms with Crippen LogP contribution in [0.3, 0.4) is 0 Å². The molecular formula is C17H11N3O2S. The van der Waals surface area contributed by atoms with Crippen LogP contribution >= 0.6 is 11.8 Å². The van der Waals surface area contributed by atoms with E-state index in [0.717, 1.165) is 26.1 Å². The number of nitrogens with zero attached hydrogens (tertiary/aromatic N) is 2. The second-order valence-corrected chi connectivity index (χ2v) is 6.10. The predicted molar refractivity (Wildman–Crippen MR) is 90.8 cm³/mol. The number of hydrogen-bond donors (Lipinski definition) is 1. The van der Waals surface area contributed by atoms with Crippen molar-refractivity contribution in [2.75, 3.05) is 0 Å². The number of non-ortho nitro benzene ring substituents is 1. The van der Waals surface area contributed by atoms with E-state index < -0.39 is 4.92 Å². The molecule has 0 fully saturated rings. The first-order valence-corrected chi connectivity index (χ1v) is 7.83. The Bertz CT molecular complexity index is 1040. The molecular weight excluding hydrogens is 310 g/mol. The SMILES string of the molecule is O=[N+]([O-])c1cccc2c(Sc3cccc4ccccc34)n[nH]c12. The first kappa shape index (κ1) is 13.8. The third-order valence-electron chi connectivity index (χ3n) is 3.70. The van der Waals surface area contributed by atoms with Gasteiger partial charge < -0.3 is 0 Å². The van der Waals surface area contributed by atoms with Crippen LogP contribution in [0.15, 0.2) is 70.6 Å². The lowest BCUT2D eigenvalue weighted by molar-refractivity contribution is -0.383. The highest BCUT2D eigenvalue weighted by Gasteiger charge is 2.17. The van der Waals surface area contributed by atoms with Crippen LogP contribution in [0.25, 0.3) is 21.7 Å². The molecule has 0 saturated heterocycles. The maximum absolute atomic E-state index is 11.1. The lowest BCUT2D eigenvalue weighted by Crippen LogP contribution is -1.88. The van der Waals surface area contributed by atoms with Gasteiger partial charge in [-0.05, 0) is 22.9 Å². The van der Waals surface area contributed by atoms with E-state index in [9.17, 15) is 10.1 Å². The van der Waals surface area contributed by atoms with Gasteiger partial charge in [0.15, 0.2) is 0 Å². The third kappa shape index (κ3) is 2.33. The lowest BCUT2D eigenvalue weighted by atomic mass is 10.1. The number of aromatic nitrogens is 2. The number of hydrogen-bond acceptors (Lipinski definition) is 4. The summed E-state index contributed by atoms with van der Waals surface area (Å²) < 4.78 is 0. The molecule has 1 N–H and O–H groups in total. The number of H-pyrrole nitrogens is 1. The molecule has 4 aromatic rings. The summed E-state index contributed by atoms with van der Waals surface area (Å²) in [6.45, 7) is 0. The largest absolute Gasteiger partial charge is 0.294 e. The van der Waals surface area contributed by atoms with E-state index in [1.807, 2.05) is 30.3 Å². The summed E-state index contributed by atoms with van der Waals surface area (Å²) in [7, 11) is 0. The molecule has 0 unspecified atom stereocenters. The van der Waals surface area contributed by atoms with Gasteiger partial charge in [0.2, 0.25) is 0 Å². The lowest BCUT2D eigenvalue weighted by Gasteiger charge is -2.04. The molecule has 0 saturated carbocycles. The van der Waals surface area contributed by atoms with E-state index in [1.54, 1.807) is 6.07 Å². The van der Waals surface area contributed by atoms with Crippen LogP contribution in [0.2, 0.25) is 0 Å². The fourth-order valence-corrected chi connectivity index (χ4v) is 3.64. The molecule has 0 bridgehead atoms. The van der Waals surface area contributed by atoms with Crippen molar-refractivity contribution in [1.82, 2.24) is 10.2 Å². The van der Waals surface area contributed by atoms with Gasteiger partial charge in [-0.3, -0.25) is 15.2 Å². The number of para-hydroxylation sites is 1. The van der Waals surface area contributed by atoms with Crippen LogP contribution in [0.1, 0.15) is 0 Å². The van der Waals surface area contributed by atoms with E-state index in [2.05, 4.69) is 28.4 Å². The average molecular weight is 321 g/mol. The summed E-state index contributed by atoms with van der Waals surface area (Å²) >= 11 is 1.51. The molecule has 6 heteroatoms. The molecule has 1 aromatic heterocycles. The quantitative estimate of drug-likeness (QED) is 0.435. The highest BCUT2D eigenvalue weighted by atomic mass is 32.2. The Morgan fingerprint density at radius 3 is 2.57 bits per heavy atom. The van der Waals surface area contributed by atoms with Gasteiger partial charge in [-0.25, -0.2) is 0 Å². The molecule has 5 nitrogen and oxygen atoms in total. The first-order valence-electron chi connectivity index (χ1n) is 7.01. The van der Waals surface area contributed by atoms with Gasteiger partial charge in [-0.15, -0.1) is 0 Å². The van der Waals surface area contributed by atoms with Crippen LogP contribution in [-0.2, 0) is 0 Å². The first-order chi connectivity index (χ1) is 11.2. The zero-order chi connectivity index (χ0) is 15.8. The van der Waals surface area contributed by atoms with E-state index in [1.165, 1.54) is 17.8 Å². The zero-order valence-corrected chi connectivity index (χ0v) is 12.7. The minimum absolute atomic E-state index is 0.0415. The molecule has 112 valence electrons. The number of nitrogens with one attached hydrogen (secondary N) is 1. The maximum Gasteiger partial charge on any atom is 0.294 e. The summed E-state index contributed by atoms with van der Waals surface area (Å²) in [4.78, 5) is 11.8. The van der Waals surface area contributed by atoms with Crippen molar-refractivity contribution >= 4 is 39.1 Å². The molecule has 0 aliphatic heterocycles. The van der Waals surface area contributed by atoms with Crippen LogP contribution in [-0.4, -0.2) is 15.1 Å². The van der Waals surface area contributed by atoms with Crippen molar-refractivity contribution in [3.63, 3.8) is 0 Å². The van der Waals surface area contributed by atoms with Crippen molar-refractivity contribution < 1.29 is 4.92 Å². The number of aromatic amines is 1. The van der Waals surface area contributed by atoms with E-state index in [0.29, 0.717) is 5.52 Å². The Morgan fingerprint density at radius 2 is 1.70 bits per heavy atom. The fraction of sp³-hybridized carbons (Fsp3) is 0. The standard InChI is InChI=1S/C17H11N3O2S/c21-20(22)14-9-4-8-13-16(14)18-19-17(13)23-15-10-3-6-11-5-1-2-7-12(11)15/h1-10H,(H,18,19). The Kier molecular flexibility index (Phi) is 3.24. The molecule has 0 aliphatic carbocycles. The molecule has 23 heavy (non-hydrogen) atoms. The number of nitro benzene ring substituents is 1. The van der Waals surface area contributed by atoms with Gasteiger partial charge in [0.25, 0.3) is 5.69 Å². The van der Waals surface area contributed by atoms with E-state index in [-0.39, 0.29) is 5.69 Å². The van der Waals surface area contributed by atoms with E-state index >= 15 is 0 Å². The zero-order valence-electron chi connectivity index (χ0n) is 11.9. The fourth-order valence-electron chi connectivity index (χ4n) is 2.62. The number of benzene rings is 3. The van der Waals surface area contributed by atoms with Gasteiger partial charge >= 0.3 is 0 Å². The van der Waals surface area contributed by atoms with Crippen molar-refractivity contribution in [3.8, 4) is 0 Å². The van der Waals surface area contributed by atoms with Gasteiger partial charge in [-0.1, -0.05) is 54.2 Å². The molecule has 0 spiro atoms. The number of nitro groups is 1. The Hall–Kier alpha value is -2.86. The minimum Gasteiger partial charge on any atom is -0.270 e. The third-order valence-corrected chi connectivity index (χ3v) is 4.78.